The molecule has 0 aliphatic carbocycles. The Morgan fingerprint density at radius 3 is 2.68 bits per heavy atom. The third-order valence-electron chi connectivity index (χ3n) is 5.11. The Hall–Kier alpha value is -2.86. The van der Waals surface area contributed by atoms with Gasteiger partial charge < -0.3 is 19.5 Å². The molecule has 2 aromatic heterocycles. The molecular formula is C22H24N4OS. The molecular weight excluding hydrogens is 368 g/mol. The van der Waals surface area contributed by atoms with Crippen molar-refractivity contribution < 1.29 is 4.74 Å². The lowest BCUT2D eigenvalue weighted by Crippen LogP contribution is -2.36. The number of methoxy groups -OCH3 is 1. The fourth-order valence-corrected chi connectivity index (χ4v) is 4.32. The van der Waals surface area contributed by atoms with Crippen molar-refractivity contribution in [3.8, 4) is 11.4 Å². The Balaban J connectivity index is 1.83. The first-order valence-electron chi connectivity index (χ1n) is 9.41. The summed E-state index contributed by atoms with van der Waals surface area (Å²) >= 11 is 5.70. The van der Waals surface area contributed by atoms with Crippen LogP contribution in [0.2, 0.25) is 0 Å². The predicted octanol–water partition coefficient (Wildman–Crippen LogP) is 4.26. The summed E-state index contributed by atoms with van der Waals surface area (Å²) in [6, 6.07) is 18.6. The number of hydrogen-bond acceptors (Lipinski definition) is 3. The summed E-state index contributed by atoms with van der Waals surface area (Å²) in [6.45, 7) is 4.33. The van der Waals surface area contributed by atoms with Gasteiger partial charge in [0.25, 0.3) is 0 Å². The van der Waals surface area contributed by atoms with E-state index < -0.39 is 0 Å². The van der Waals surface area contributed by atoms with Gasteiger partial charge in [0.05, 0.1) is 24.9 Å². The number of ether oxygens (including phenoxy) is 1. The smallest absolute Gasteiger partial charge is 0.170 e. The molecule has 0 radical (unpaired) electrons. The number of hydrogen-bond donors (Lipinski definition) is 1. The Labute approximate surface area is 171 Å². The van der Waals surface area contributed by atoms with Crippen molar-refractivity contribution in [1.29, 1.82) is 0 Å². The summed E-state index contributed by atoms with van der Waals surface area (Å²) in [6.07, 6.45) is 3.91. The zero-order valence-electron chi connectivity index (χ0n) is 16.2. The van der Waals surface area contributed by atoms with Crippen molar-refractivity contribution in [2.75, 3.05) is 7.11 Å². The first-order chi connectivity index (χ1) is 13.6. The van der Waals surface area contributed by atoms with Crippen LogP contribution in [0, 0.1) is 0 Å². The molecule has 28 heavy (non-hydrogen) atoms. The predicted molar refractivity (Wildman–Crippen MR) is 115 cm³/mol. The lowest BCUT2D eigenvalue weighted by atomic mass is 10.0. The van der Waals surface area contributed by atoms with Crippen LogP contribution in [0.1, 0.15) is 37.3 Å². The molecule has 1 aliphatic rings. The van der Waals surface area contributed by atoms with Crippen LogP contribution in [0.5, 0.6) is 5.75 Å². The van der Waals surface area contributed by atoms with E-state index in [0.29, 0.717) is 0 Å². The van der Waals surface area contributed by atoms with E-state index in [-0.39, 0.29) is 18.1 Å². The molecule has 2 atom stereocenters. The maximum atomic E-state index is 5.70. The molecule has 0 amide bonds. The van der Waals surface area contributed by atoms with Gasteiger partial charge in [-0.1, -0.05) is 12.1 Å². The molecule has 144 valence electrons. The second-order valence-electron chi connectivity index (χ2n) is 7.13. The Kier molecular flexibility index (Phi) is 5.05. The maximum Gasteiger partial charge on any atom is 0.170 e. The highest BCUT2D eigenvalue weighted by Gasteiger charge is 2.42. The molecule has 0 unspecified atom stereocenters. The molecule has 0 bridgehead atoms. The SMILES string of the molecule is COc1cccc(-n2cccc2[C@H]2[C@@H](c3ccccn3)NC(=S)N2C(C)C)c1. The molecule has 5 nitrogen and oxygen atoms in total. The Bertz CT molecular complexity index is 969. The Morgan fingerprint density at radius 2 is 1.96 bits per heavy atom. The van der Waals surface area contributed by atoms with Crippen molar-refractivity contribution >= 4 is 17.3 Å². The van der Waals surface area contributed by atoms with Crippen LogP contribution in [0.15, 0.2) is 67.0 Å². The summed E-state index contributed by atoms with van der Waals surface area (Å²) in [7, 11) is 1.69. The third-order valence-corrected chi connectivity index (χ3v) is 5.44. The summed E-state index contributed by atoms with van der Waals surface area (Å²) in [5, 5.41) is 4.26. The van der Waals surface area contributed by atoms with E-state index in [9.17, 15) is 0 Å². The number of nitrogens with zero attached hydrogens (tertiary/aromatic N) is 3. The van der Waals surface area contributed by atoms with Crippen LogP contribution in [-0.4, -0.2) is 32.7 Å². The second kappa shape index (κ2) is 7.64. The van der Waals surface area contributed by atoms with Gasteiger partial charge in [-0.15, -0.1) is 0 Å². The van der Waals surface area contributed by atoms with Gasteiger partial charge in [0.1, 0.15) is 5.75 Å². The Morgan fingerprint density at radius 1 is 1.11 bits per heavy atom. The summed E-state index contributed by atoms with van der Waals surface area (Å²) < 4.78 is 7.62. The van der Waals surface area contributed by atoms with Gasteiger partial charge in [-0.05, 0) is 62.5 Å². The van der Waals surface area contributed by atoms with Crippen LogP contribution in [0.4, 0.5) is 0 Å². The largest absolute Gasteiger partial charge is 0.497 e. The lowest BCUT2D eigenvalue weighted by Gasteiger charge is -2.31. The minimum Gasteiger partial charge on any atom is -0.497 e. The van der Waals surface area contributed by atoms with E-state index in [1.807, 2.05) is 36.5 Å². The number of aromatic nitrogens is 2. The topological polar surface area (TPSA) is 42.3 Å². The molecule has 1 saturated heterocycles. The first kappa shape index (κ1) is 18.5. The molecule has 3 aromatic rings. The fourth-order valence-electron chi connectivity index (χ4n) is 3.87. The van der Waals surface area contributed by atoms with Gasteiger partial charge in [0.2, 0.25) is 0 Å². The first-order valence-corrected chi connectivity index (χ1v) is 9.82. The van der Waals surface area contributed by atoms with Gasteiger partial charge in [-0.25, -0.2) is 0 Å². The van der Waals surface area contributed by atoms with Gasteiger partial charge in [-0.2, -0.15) is 0 Å². The summed E-state index contributed by atoms with van der Waals surface area (Å²) in [4.78, 5) is 6.87. The molecule has 1 aromatic carbocycles. The van der Waals surface area contributed by atoms with Crippen molar-refractivity contribution in [3.63, 3.8) is 0 Å². The van der Waals surface area contributed by atoms with Crippen LogP contribution < -0.4 is 10.1 Å². The number of benzene rings is 1. The molecule has 6 heteroatoms. The molecule has 0 spiro atoms. The summed E-state index contributed by atoms with van der Waals surface area (Å²) in [5.74, 6) is 0.833. The highest BCUT2D eigenvalue weighted by Crippen LogP contribution is 2.40. The second-order valence-corrected chi connectivity index (χ2v) is 7.52. The molecule has 1 fully saturated rings. The van der Waals surface area contributed by atoms with Gasteiger partial charge in [0.15, 0.2) is 5.11 Å². The van der Waals surface area contributed by atoms with E-state index in [2.05, 4.69) is 64.1 Å². The minimum absolute atomic E-state index is 0.0182. The summed E-state index contributed by atoms with van der Waals surface area (Å²) in [5.41, 5.74) is 3.20. The van der Waals surface area contributed by atoms with E-state index in [1.165, 1.54) is 0 Å². The zero-order chi connectivity index (χ0) is 19.7. The van der Waals surface area contributed by atoms with Gasteiger partial charge in [0, 0.05) is 35.9 Å². The fraction of sp³-hybridized carbons (Fsp3) is 0.273. The van der Waals surface area contributed by atoms with Crippen molar-refractivity contribution in [3.05, 3.63) is 78.4 Å². The van der Waals surface area contributed by atoms with Crippen LogP contribution in [-0.2, 0) is 0 Å². The van der Waals surface area contributed by atoms with E-state index >= 15 is 0 Å². The zero-order valence-corrected chi connectivity index (χ0v) is 17.1. The van der Waals surface area contributed by atoms with Crippen LogP contribution >= 0.6 is 12.2 Å². The number of pyridine rings is 1. The molecule has 0 saturated carbocycles. The van der Waals surface area contributed by atoms with E-state index in [0.717, 1.165) is 27.9 Å². The maximum absolute atomic E-state index is 5.70. The van der Waals surface area contributed by atoms with Crippen molar-refractivity contribution in [2.45, 2.75) is 32.0 Å². The average molecular weight is 393 g/mol. The lowest BCUT2D eigenvalue weighted by molar-refractivity contribution is 0.262. The van der Waals surface area contributed by atoms with E-state index in [4.69, 9.17) is 17.0 Å². The molecule has 1 N–H and O–H groups in total. The van der Waals surface area contributed by atoms with Crippen LogP contribution in [0.3, 0.4) is 0 Å². The molecule has 3 heterocycles. The standard InChI is InChI=1S/C22H24N4OS/c1-15(2)26-21(20(24-22(26)28)18-10-4-5-12-23-18)19-11-7-13-25(19)16-8-6-9-17(14-16)27-3/h4-15,20-21H,1-3H3,(H,24,28)/t20-,21+/m1/s1. The average Bonchev–Trinajstić information content (AvgIpc) is 3.32. The molecule has 1 aliphatic heterocycles. The number of rotatable bonds is 5. The third kappa shape index (κ3) is 3.24. The molecule has 4 rings (SSSR count). The minimum atomic E-state index is -0.0182. The van der Waals surface area contributed by atoms with Crippen molar-refractivity contribution in [2.24, 2.45) is 0 Å². The van der Waals surface area contributed by atoms with Crippen molar-refractivity contribution in [1.82, 2.24) is 19.8 Å². The highest BCUT2D eigenvalue weighted by atomic mass is 32.1. The van der Waals surface area contributed by atoms with Gasteiger partial charge in [-0.3, -0.25) is 4.98 Å². The van der Waals surface area contributed by atoms with E-state index in [1.54, 1.807) is 7.11 Å². The quantitative estimate of drug-likeness (QED) is 0.657. The van der Waals surface area contributed by atoms with Gasteiger partial charge >= 0.3 is 0 Å². The van der Waals surface area contributed by atoms with Crippen LogP contribution in [0.25, 0.3) is 5.69 Å². The monoisotopic (exact) mass is 392 g/mol. The number of thiocarbonyl (C=S) groups is 1. The normalized spacial score (nSPS) is 19.1. The highest BCUT2D eigenvalue weighted by molar-refractivity contribution is 7.80. The number of nitrogens with one attached hydrogen (secondary N) is 1.